The molecule has 1 aliphatic carbocycles. The van der Waals surface area contributed by atoms with E-state index in [9.17, 15) is 4.79 Å². The van der Waals surface area contributed by atoms with Crippen LogP contribution in [-0.4, -0.2) is 5.78 Å². The van der Waals surface area contributed by atoms with Gasteiger partial charge in [0, 0.05) is 27.2 Å². The van der Waals surface area contributed by atoms with Gasteiger partial charge < -0.3 is 0 Å². The molecule has 0 fully saturated rings. The van der Waals surface area contributed by atoms with E-state index in [0.29, 0.717) is 6.42 Å². The number of rotatable bonds is 3. The Hall–Kier alpha value is -0.410. The summed E-state index contributed by atoms with van der Waals surface area (Å²) in [6, 6.07) is 0. The van der Waals surface area contributed by atoms with Gasteiger partial charge in [-0.3, -0.25) is 4.79 Å². The Kier molecular flexibility index (Phi) is 3.76. The molecule has 0 radical (unpaired) electrons. The number of ketones is 1. The largest absolute Gasteiger partial charge is 0.294 e. The van der Waals surface area contributed by atoms with E-state index in [2.05, 4.69) is 22.0 Å². The average molecular weight is 285 g/mol. The van der Waals surface area contributed by atoms with Crippen molar-refractivity contribution in [1.82, 2.24) is 0 Å². The summed E-state index contributed by atoms with van der Waals surface area (Å²) in [4.78, 5) is 11.9. The van der Waals surface area contributed by atoms with Gasteiger partial charge in [0.2, 0.25) is 0 Å². The van der Waals surface area contributed by atoms with Crippen molar-refractivity contribution in [2.24, 2.45) is 0 Å². The monoisotopic (exact) mass is 284 g/mol. The molecule has 1 aromatic heterocycles. The van der Waals surface area contributed by atoms with Crippen LogP contribution in [0.2, 0.25) is 0 Å². The number of carbonyl (C=O) groups is 1. The fourth-order valence-electron chi connectivity index (χ4n) is 1.85. The summed E-state index contributed by atoms with van der Waals surface area (Å²) in [5.74, 6) is 0.247. The van der Waals surface area contributed by atoms with Crippen LogP contribution in [0.3, 0.4) is 0 Å². The van der Waals surface area contributed by atoms with Crippen LogP contribution in [0.4, 0.5) is 0 Å². The Labute approximate surface area is 102 Å². The highest BCUT2D eigenvalue weighted by molar-refractivity contribution is 9.10. The van der Waals surface area contributed by atoms with E-state index in [1.807, 2.05) is 10.8 Å². The molecule has 0 aliphatic heterocycles. The fraction of sp³-hybridized carbons (Fsp3) is 0.417. The molecule has 2 rings (SSSR count). The molecule has 0 unspecified atom stereocenters. The van der Waals surface area contributed by atoms with Gasteiger partial charge >= 0.3 is 0 Å². The predicted molar refractivity (Wildman–Crippen MR) is 67.5 cm³/mol. The molecule has 3 heteroatoms. The number of thiophene rings is 1. The first kappa shape index (κ1) is 11.1. The van der Waals surface area contributed by atoms with Gasteiger partial charge in [0.15, 0.2) is 5.78 Å². The van der Waals surface area contributed by atoms with Crippen LogP contribution in [0.5, 0.6) is 0 Å². The molecule has 1 aliphatic rings. The molecule has 0 spiro atoms. The zero-order valence-electron chi connectivity index (χ0n) is 8.46. The van der Waals surface area contributed by atoms with Gasteiger partial charge in [-0.15, -0.1) is 0 Å². The third-order valence-electron chi connectivity index (χ3n) is 2.69. The van der Waals surface area contributed by atoms with Gasteiger partial charge in [-0.05, 0) is 41.6 Å². The summed E-state index contributed by atoms with van der Waals surface area (Å²) in [7, 11) is 0. The number of halogens is 1. The van der Waals surface area contributed by atoms with Crippen molar-refractivity contribution in [3.05, 3.63) is 32.4 Å². The van der Waals surface area contributed by atoms with Crippen molar-refractivity contribution in [3.63, 3.8) is 0 Å². The van der Waals surface area contributed by atoms with E-state index in [1.54, 1.807) is 11.3 Å². The van der Waals surface area contributed by atoms with E-state index in [1.165, 1.54) is 18.4 Å². The van der Waals surface area contributed by atoms with Gasteiger partial charge in [0.1, 0.15) is 0 Å². The summed E-state index contributed by atoms with van der Waals surface area (Å²) >= 11 is 4.97. The van der Waals surface area contributed by atoms with Crippen molar-refractivity contribution < 1.29 is 4.79 Å². The highest BCUT2D eigenvalue weighted by Gasteiger charge is 2.14. The van der Waals surface area contributed by atoms with Crippen LogP contribution in [0.15, 0.2) is 26.9 Å². The van der Waals surface area contributed by atoms with Crippen molar-refractivity contribution in [2.45, 2.75) is 32.1 Å². The van der Waals surface area contributed by atoms with Gasteiger partial charge in [0.25, 0.3) is 0 Å². The van der Waals surface area contributed by atoms with Crippen LogP contribution in [0.1, 0.15) is 42.5 Å². The second kappa shape index (κ2) is 5.08. The minimum atomic E-state index is 0.247. The van der Waals surface area contributed by atoms with Crippen LogP contribution in [0, 0.1) is 0 Å². The van der Waals surface area contributed by atoms with Crippen LogP contribution in [0.25, 0.3) is 0 Å². The van der Waals surface area contributed by atoms with Crippen molar-refractivity contribution >= 4 is 33.0 Å². The lowest BCUT2D eigenvalue weighted by Crippen LogP contribution is -2.02. The lowest BCUT2D eigenvalue weighted by molar-refractivity contribution is 0.0991. The first-order chi connectivity index (χ1) is 7.27. The zero-order valence-corrected chi connectivity index (χ0v) is 10.9. The predicted octanol–water partition coefficient (Wildman–Crippen LogP) is 4.58. The number of hydrogen-bond acceptors (Lipinski definition) is 2. The zero-order chi connectivity index (χ0) is 10.7. The minimum absolute atomic E-state index is 0.247. The lowest BCUT2D eigenvalue weighted by atomic mass is 9.94. The Balaban J connectivity index is 2.04. The Morgan fingerprint density at radius 1 is 1.40 bits per heavy atom. The first-order valence-corrected chi connectivity index (χ1v) is 6.94. The number of Topliss-reactive ketones (excluding diaryl/α,β-unsaturated/α-hetero) is 1. The van der Waals surface area contributed by atoms with Gasteiger partial charge in [-0.1, -0.05) is 11.6 Å². The maximum atomic E-state index is 11.9. The van der Waals surface area contributed by atoms with Gasteiger partial charge in [-0.25, -0.2) is 0 Å². The second-order valence-corrected chi connectivity index (χ2v) is 5.44. The average Bonchev–Trinajstić information content (AvgIpc) is 2.66. The first-order valence-electron chi connectivity index (χ1n) is 5.20. The van der Waals surface area contributed by atoms with Crippen LogP contribution in [-0.2, 0) is 0 Å². The molecule has 15 heavy (non-hydrogen) atoms. The Morgan fingerprint density at radius 2 is 2.27 bits per heavy atom. The highest BCUT2D eigenvalue weighted by Crippen LogP contribution is 2.26. The summed E-state index contributed by atoms with van der Waals surface area (Å²) in [5.41, 5.74) is 2.16. The topological polar surface area (TPSA) is 17.1 Å². The van der Waals surface area contributed by atoms with Crippen molar-refractivity contribution in [1.29, 1.82) is 0 Å². The molecule has 80 valence electrons. The SMILES string of the molecule is O=C(CC1=CCCCC1)c1cscc1Br. The number of carbonyl (C=O) groups excluding carboxylic acids is 1. The molecule has 0 aromatic carbocycles. The lowest BCUT2D eigenvalue weighted by Gasteiger charge is -2.11. The third kappa shape index (κ3) is 2.79. The molecule has 0 N–H and O–H groups in total. The van der Waals surface area contributed by atoms with Crippen LogP contribution >= 0.6 is 27.3 Å². The highest BCUT2D eigenvalue weighted by atomic mass is 79.9. The minimum Gasteiger partial charge on any atom is -0.294 e. The molecule has 1 aromatic rings. The smallest absolute Gasteiger partial charge is 0.168 e. The van der Waals surface area contributed by atoms with Gasteiger partial charge in [-0.2, -0.15) is 11.3 Å². The Morgan fingerprint density at radius 3 is 2.87 bits per heavy atom. The standard InChI is InChI=1S/C12H13BrOS/c13-11-8-15-7-10(11)12(14)6-9-4-2-1-3-5-9/h4,7-8H,1-3,5-6H2. The van der Waals surface area contributed by atoms with E-state index < -0.39 is 0 Å². The van der Waals surface area contributed by atoms with Gasteiger partial charge in [0.05, 0.1) is 0 Å². The normalized spacial score (nSPS) is 16.2. The van der Waals surface area contributed by atoms with Crippen molar-refractivity contribution in [3.8, 4) is 0 Å². The Bertz CT molecular complexity index is 392. The molecule has 0 saturated carbocycles. The third-order valence-corrected chi connectivity index (χ3v) is 4.39. The van der Waals surface area contributed by atoms with Crippen molar-refractivity contribution in [2.75, 3.05) is 0 Å². The molecular weight excluding hydrogens is 272 g/mol. The van der Waals surface area contributed by atoms with Crippen LogP contribution < -0.4 is 0 Å². The number of hydrogen-bond donors (Lipinski definition) is 0. The maximum Gasteiger partial charge on any atom is 0.168 e. The summed E-state index contributed by atoms with van der Waals surface area (Å²) < 4.78 is 0.939. The summed E-state index contributed by atoms with van der Waals surface area (Å²) in [6.07, 6.45) is 7.61. The molecular formula is C12H13BrOS. The molecule has 0 saturated heterocycles. The number of allylic oxidation sites excluding steroid dienone is 2. The molecule has 1 heterocycles. The molecule has 1 nitrogen and oxygen atoms in total. The maximum absolute atomic E-state index is 11.9. The second-order valence-electron chi connectivity index (χ2n) is 3.84. The summed E-state index contributed by atoms with van der Waals surface area (Å²) in [5, 5.41) is 3.89. The molecule has 0 atom stereocenters. The van der Waals surface area contributed by atoms with E-state index in [-0.39, 0.29) is 5.78 Å². The molecule has 0 amide bonds. The fourth-order valence-corrected chi connectivity index (χ4v) is 3.37. The molecule has 0 bridgehead atoms. The van der Waals surface area contributed by atoms with E-state index in [4.69, 9.17) is 0 Å². The quantitative estimate of drug-likeness (QED) is 0.586. The van der Waals surface area contributed by atoms with E-state index >= 15 is 0 Å². The summed E-state index contributed by atoms with van der Waals surface area (Å²) in [6.45, 7) is 0. The van der Waals surface area contributed by atoms with E-state index in [0.717, 1.165) is 22.9 Å².